The number of hydrogen-bond acceptors (Lipinski definition) is 6. The average molecular weight is 713 g/mol. The third-order valence-electron chi connectivity index (χ3n) is 11.0. The van der Waals surface area contributed by atoms with Gasteiger partial charge in [-0.15, -0.1) is 0 Å². The van der Waals surface area contributed by atoms with E-state index >= 15 is 4.39 Å². The number of carbonyl (C=O) groups is 3. The van der Waals surface area contributed by atoms with Gasteiger partial charge in [0.05, 0.1) is 28.8 Å². The number of hydrogen-bond donors (Lipinski definition) is 1. The largest absolute Gasteiger partial charge is 0.444 e. The van der Waals surface area contributed by atoms with Crippen molar-refractivity contribution in [1.29, 1.82) is 0 Å². The van der Waals surface area contributed by atoms with E-state index in [1.807, 2.05) is 48.6 Å². The summed E-state index contributed by atoms with van der Waals surface area (Å²) in [5.74, 6) is 0.561. The Balaban J connectivity index is 1.11. The molecule has 2 bridgehead atoms. The van der Waals surface area contributed by atoms with Crippen LogP contribution in [0.3, 0.4) is 0 Å². The van der Waals surface area contributed by atoms with Gasteiger partial charge in [0.1, 0.15) is 22.5 Å². The number of aromatic nitrogens is 3. The molecule has 0 unspecified atom stereocenters. The summed E-state index contributed by atoms with van der Waals surface area (Å²) in [5.41, 5.74) is 4.21. The van der Waals surface area contributed by atoms with Crippen LogP contribution in [0.4, 0.5) is 14.0 Å². The van der Waals surface area contributed by atoms with Gasteiger partial charge in [-0.2, -0.15) is 0 Å². The van der Waals surface area contributed by atoms with Gasteiger partial charge in [0, 0.05) is 44.2 Å². The average Bonchev–Trinajstić information content (AvgIpc) is 3.38. The first-order valence-electron chi connectivity index (χ1n) is 18.6. The van der Waals surface area contributed by atoms with Gasteiger partial charge in [0.25, 0.3) is 5.91 Å². The van der Waals surface area contributed by atoms with E-state index in [1.54, 1.807) is 20.4 Å². The van der Waals surface area contributed by atoms with Gasteiger partial charge in [-0.05, 0) is 115 Å². The number of imidazole rings is 1. The summed E-state index contributed by atoms with van der Waals surface area (Å²) in [7, 11) is 1.83. The number of fused-ring (bicyclic) bond motifs is 6. The zero-order valence-electron chi connectivity index (χ0n) is 31.2. The van der Waals surface area contributed by atoms with E-state index in [0.29, 0.717) is 48.8 Å². The van der Waals surface area contributed by atoms with Crippen LogP contribution in [0.1, 0.15) is 88.7 Å². The summed E-state index contributed by atoms with van der Waals surface area (Å²) in [6.45, 7) is 13.5. The Kier molecular flexibility index (Phi) is 8.11. The second kappa shape index (κ2) is 12.2. The number of alkyl carbamates (subject to hydrolysis) is 1. The lowest BCUT2D eigenvalue weighted by Crippen LogP contribution is -2.46. The summed E-state index contributed by atoms with van der Waals surface area (Å²) in [6, 6.07) is 9.00. The summed E-state index contributed by atoms with van der Waals surface area (Å²) < 4.78 is 31.4. The number of carbonyl (C=O) groups excluding carboxylic acids is 3. The minimum atomic E-state index is -0.622. The van der Waals surface area contributed by atoms with Gasteiger partial charge in [0.15, 0.2) is 5.82 Å². The van der Waals surface area contributed by atoms with Crippen LogP contribution in [-0.2, 0) is 36.0 Å². The number of halogens is 1. The molecule has 2 saturated carbocycles. The molecule has 2 aromatic heterocycles. The molecule has 12 heteroatoms. The van der Waals surface area contributed by atoms with E-state index in [2.05, 4.69) is 28.1 Å². The fraction of sp³-hybridized carbons (Fsp3) is 0.550. The molecule has 3 atom stereocenters. The highest BCUT2D eigenvalue weighted by Crippen LogP contribution is 2.41. The molecule has 8 rings (SSSR count). The first-order chi connectivity index (χ1) is 24.5. The molecule has 52 heavy (non-hydrogen) atoms. The zero-order chi connectivity index (χ0) is 36.9. The molecule has 3 fully saturated rings. The normalized spacial score (nSPS) is 21.6. The van der Waals surface area contributed by atoms with Crippen LogP contribution in [0.2, 0.25) is 0 Å². The first-order valence-corrected chi connectivity index (χ1v) is 18.6. The van der Waals surface area contributed by atoms with Crippen molar-refractivity contribution in [2.75, 3.05) is 13.1 Å². The van der Waals surface area contributed by atoms with Crippen molar-refractivity contribution in [1.82, 2.24) is 29.2 Å². The standard InChI is InChI=1S/C40H49FN6O5/c1-39(2,3)51-37(49)43-32-25-12-13-30(32)47(21-25)36(48)26-16-28(41)34-29(17-26)42-35(44(34)7)31-18-23-10-11-24-20-45(38(50)52-40(4,5)6)15-14-27(24)33(23)46(31)19-22-8-9-22/h10-11,16-18,22,25,30,32H,8-9,12-15,19-21H2,1-7H3,(H,43,49)/t25-,30-,32-/m1/s1. The van der Waals surface area contributed by atoms with E-state index in [-0.39, 0.29) is 35.6 Å². The fourth-order valence-electron chi connectivity index (χ4n) is 8.56. The van der Waals surface area contributed by atoms with Crippen LogP contribution in [0.5, 0.6) is 0 Å². The number of rotatable bonds is 5. The number of benzene rings is 2. The lowest BCUT2D eigenvalue weighted by molar-refractivity contribution is 0.0223. The van der Waals surface area contributed by atoms with Gasteiger partial charge in [-0.1, -0.05) is 12.1 Å². The van der Waals surface area contributed by atoms with E-state index in [4.69, 9.17) is 14.5 Å². The Bertz CT molecular complexity index is 2120. The minimum absolute atomic E-state index is 0.121. The van der Waals surface area contributed by atoms with Crippen molar-refractivity contribution in [3.05, 3.63) is 52.8 Å². The van der Waals surface area contributed by atoms with E-state index in [0.717, 1.165) is 54.4 Å². The predicted octanol–water partition coefficient (Wildman–Crippen LogP) is 7.17. The van der Waals surface area contributed by atoms with Crippen LogP contribution in [0.15, 0.2) is 30.3 Å². The fourth-order valence-corrected chi connectivity index (χ4v) is 8.56. The van der Waals surface area contributed by atoms with Crippen molar-refractivity contribution in [2.24, 2.45) is 18.9 Å². The molecule has 4 aliphatic rings. The Morgan fingerprint density at radius 2 is 1.71 bits per heavy atom. The molecule has 2 aromatic carbocycles. The molecular weight excluding hydrogens is 663 g/mol. The molecule has 0 spiro atoms. The molecule has 1 saturated heterocycles. The number of ether oxygens (including phenoxy) is 2. The Morgan fingerprint density at radius 3 is 2.42 bits per heavy atom. The van der Waals surface area contributed by atoms with Crippen LogP contribution >= 0.6 is 0 Å². The van der Waals surface area contributed by atoms with Gasteiger partial charge in [0.2, 0.25) is 0 Å². The molecule has 2 aliphatic heterocycles. The van der Waals surface area contributed by atoms with Gasteiger partial charge in [-0.25, -0.2) is 19.0 Å². The van der Waals surface area contributed by atoms with Gasteiger partial charge < -0.3 is 33.7 Å². The molecule has 0 radical (unpaired) electrons. The number of nitrogens with zero attached hydrogens (tertiary/aromatic N) is 5. The Hall–Kier alpha value is -4.61. The van der Waals surface area contributed by atoms with Crippen molar-refractivity contribution >= 4 is 40.0 Å². The molecule has 11 nitrogen and oxygen atoms in total. The summed E-state index contributed by atoms with van der Waals surface area (Å²) in [5, 5.41) is 4.09. The summed E-state index contributed by atoms with van der Waals surface area (Å²) in [6.07, 6.45) is 3.91. The highest BCUT2D eigenvalue weighted by atomic mass is 19.1. The highest BCUT2D eigenvalue weighted by molar-refractivity contribution is 5.99. The number of piperidine rings is 1. The number of aryl methyl sites for hydroxylation is 1. The smallest absolute Gasteiger partial charge is 0.410 e. The van der Waals surface area contributed by atoms with E-state index in [9.17, 15) is 14.4 Å². The number of nitrogens with one attached hydrogen (secondary N) is 1. The third kappa shape index (κ3) is 6.27. The Morgan fingerprint density at radius 1 is 0.962 bits per heavy atom. The first kappa shape index (κ1) is 34.5. The van der Waals surface area contributed by atoms with Crippen LogP contribution in [0.25, 0.3) is 33.5 Å². The molecule has 2 aliphatic carbocycles. The zero-order valence-corrected chi connectivity index (χ0v) is 31.2. The lowest BCUT2D eigenvalue weighted by Gasteiger charge is -2.31. The second-order valence-corrected chi connectivity index (χ2v) is 17.2. The highest BCUT2D eigenvalue weighted by Gasteiger charge is 2.50. The maximum absolute atomic E-state index is 16.1. The SMILES string of the molecule is Cn1c(-c2cc3ccc4c(c3n2CC2CC2)CCN(C(=O)OC(C)(C)C)C4)nc2cc(C(=O)N3C[C@H]4CC[C@@H]3[C@@H]4NC(=O)OC(C)(C)C)cc(F)c21. The maximum atomic E-state index is 16.1. The summed E-state index contributed by atoms with van der Waals surface area (Å²) in [4.78, 5) is 48.0. The van der Waals surface area contributed by atoms with Gasteiger partial charge in [-0.3, -0.25) is 4.79 Å². The number of amides is 3. The van der Waals surface area contributed by atoms with Gasteiger partial charge >= 0.3 is 12.2 Å². The van der Waals surface area contributed by atoms with Crippen molar-refractivity contribution in [2.45, 2.75) is 110 Å². The maximum Gasteiger partial charge on any atom is 0.410 e. The van der Waals surface area contributed by atoms with Crippen LogP contribution in [-0.4, -0.2) is 78.4 Å². The molecule has 276 valence electrons. The predicted molar refractivity (Wildman–Crippen MR) is 195 cm³/mol. The van der Waals surface area contributed by atoms with E-state index in [1.165, 1.54) is 11.6 Å². The molecule has 3 amide bonds. The lowest BCUT2D eigenvalue weighted by atomic mass is 9.97. The number of likely N-dealkylation sites (tertiary alicyclic amines) is 1. The third-order valence-corrected chi connectivity index (χ3v) is 11.0. The van der Waals surface area contributed by atoms with Crippen molar-refractivity contribution < 1.29 is 28.2 Å². The quantitative estimate of drug-likeness (QED) is 0.235. The van der Waals surface area contributed by atoms with Crippen LogP contribution in [0, 0.1) is 17.7 Å². The summed E-state index contributed by atoms with van der Waals surface area (Å²) >= 11 is 0. The Labute approximate surface area is 303 Å². The molecular formula is C40H49FN6O5. The van der Waals surface area contributed by atoms with E-state index < -0.39 is 23.1 Å². The van der Waals surface area contributed by atoms with Crippen LogP contribution < -0.4 is 5.32 Å². The van der Waals surface area contributed by atoms with Crippen molar-refractivity contribution in [3.63, 3.8) is 0 Å². The van der Waals surface area contributed by atoms with Crippen molar-refractivity contribution in [3.8, 4) is 11.5 Å². The minimum Gasteiger partial charge on any atom is -0.444 e. The topological polar surface area (TPSA) is 111 Å². The molecule has 1 N–H and O–H groups in total. The second-order valence-electron chi connectivity index (χ2n) is 17.2. The monoisotopic (exact) mass is 712 g/mol. The molecule has 4 aromatic rings. The molecule has 4 heterocycles.